The first-order valence-electron chi connectivity index (χ1n) is 8.60. The van der Waals surface area contributed by atoms with Crippen LogP contribution in [0.15, 0.2) is 36.0 Å². The Kier molecular flexibility index (Phi) is 4.68. The first kappa shape index (κ1) is 17.9. The lowest BCUT2D eigenvalue weighted by Crippen LogP contribution is -2.15. The van der Waals surface area contributed by atoms with Gasteiger partial charge in [-0.2, -0.15) is 0 Å². The summed E-state index contributed by atoms with van der Waals surface area (Å²) in [5, 5.41) is 0. The SMILES string of the molecule is CC(=O)c1cccnc1/C=C1\CC(=O)C(c2c(C)cc(C)cc2C)C1=O. The Morgan fingerprint density at radius 1 is 1.15 bits per heavy atom. The summed E-state index contributed by atoms with van der Waals surface area (Å²) in [5.74, 6) is -1.17. The Hall–Kier alpha value is -2.88. The van der Waals surface area contributed by atoms with Crippen LogP contribution in [0, 0.1) is 20.8 Å². The fourth-order valence-corrected chi connectivity index (χ4v) is 3.76. The second kappa shape index (κ2) is 6.79. The van der Waals surface area contributed by atoms with Crippen LogP contribution in [0.4, 0.5) is 0 Å². The third-order valence-corrected chi connectivity index (χ3v) is 4.82. The number of pyridine rings is 1. The maximum absolute atomic E-state index is 13.0. The average molecular weight is 347 g/mol. The van der Waals surface area contributed by atoms with Crippen molar-refractivity contribution in [2.75, 3.05) is 0 Å². The molecule has 0 radical (unpaired) electrons. The maximum Gasteiger partial charge on any atom is 0.174 e. The van der Waals surface area contributed by atoms with Crippen molar-refractivity contribution in [1.29, 1.82) is 0 Å². The zero-order valence-electron chi connectivity index (χ0n) is 15.4. The van der Waals surface area contributed by atoms with Gasteiger partial charge < -0.3 is 0 Å². The number of aryl methyl sites for hydroxylation is 3. The molecule has 1 aliphatic carbocycles. The molecule has 4 nitrogen and oxygen atoms in total. The molecule has 1 heterocycles. The average Bonchev–Trinajstić information content (AvgIpc) is 2.82. The number of hydrogen-bond acceptors (Lipinski definition) is 4. The molecule has 1 aromatic heterocycles. The highest BCUT2D eigenvalue weighted by molar-refractivity contribution is 6.24. The summed E-state index contributed by atoms with van der Waals surface area (Å²) in [7, 11) is 0. The monoisotopic (exact) mass is 347 g/mol. The fourth-order valence-electron chi connectivity index (χ4n) is 3.76. The van der Waals surface area contributed by atoms with E-state index in [0.29, 0.717) is 16.8 Å². The molecule has 132 valence electrons. The van der Waals surface area contributed by atoms with E-state index in [1.54, 1.807) is 24.4 Å². The van der Waals surface area contributed by atoms with Crippen LogP contribution in [0.2, 0.25) is 0 Å². The van der Waals surface area contributed by atoms with E-state index >= 15 is 0 Å². The zero-order chi connectivity index (χ0) is 19.0. The number of Topliss-reactive ketones (excluding diaryl/α,β-unsaturated/α-hetero) is 3. The Morgan fingerprint density at radius 2 is 1.81 bits per heavy atom. The number of carbonyl (C=O) groups excluding carboxylic acids is 3. The summed E-state index contributed by atoms with van der Waals surface area (Å²) in [6, 6.07) is 7.35. The molecule has 2 aromatic rings. The van der Waals surface area contributed by atoms with E-state index in [1.165, 1.54) is 6.92 Å². The van der Waals surface area contributed by atoms with Crippen LogP contribution in [-0.4, -0.2) is 22.3 Å². The molecule has 4 heteroatoms. The molecule has 1 aromatic carbocycles. The standard InChI is InChI=1S/C22H21NO3/c1-12-8-13(2)20(14(3)9-12)21-19(25)11-16(22(21)26)10-18-17(15(4)24)6-5-7-23-18/h5-10,21H,11H2,1-4H3/b16-10+. The molecule has 0 saturated heterocycles. The number of aromatic nitrogens is 1. The highest BCUT2D eigenvalue weighted by atomic mass is 16.2. The van der Waals surface area contributed by atoms with Crippen molar-refractivity contribution in [3.8, 4) is 0 Å². The molecule has 0 bridgehead atoms. The Bertz CT molecular complexity index is 946. The van der Waals surface area contributed by atoms with Crippen LogP contribution >= 0.6 is 0 Å². The van der Waals surface area contributed by atoms with Crippen molar-refractivity contribution in [3.63, 3.8) is 0 Å². The molecule has 26 heavy (non-hydrogen) atoms. The molecule has 1 aliphatic rings. The molecule has 1 atom stereocenters. The van der Waals surface area contributed by atoms with Gasteiger partial charge in [0.05, 0.1) is 5.69 Å². The van der Waals surface area contributed by atoms with Gasteiger partial charge in [0.15, 0.2) is 17.3 Å². The van der Waals surface area contributed by atoms with Crippen LogP contribution in [0.1, 0.15) is 57.6 Å². The quantitative estimate of drug-likeness (QED) is 0.480. The number of ketones is 3. The summed E-state index contributed by atoms with van der Waals surface area (Å²) in [4.78, 5) is 41.6. The molecule has 1 saturated carbocycles. The van der Waals surface area contributed by atoms with Gasteiger partial charge in [-0.05, 0) is 62.6 Å². The Balaban J connectivity index is 2.05. The van der Waals surface area contributed by atoms with Crippen LogP contribution in [0.5, 0.6) is 0 Å². The van der Waals surface area contributed by atoms with E-state index in [9.17, 15) is 14.4 Å². The normalized spacial score (nSPS) is 18.6. The molecule has 0 aliphatic heterocycles. The number of rotatable bonds is 3. The van der Waals surface area contributed by atoms with Crippen molar-refractivity contribution >= 4 is 23.4 Å². The van der Waals surface area contributed by atoms with Crippen molar-refractivity contribution in [3.05, 3.63) is 69.5 Å². The van der Waals surface area contributed by atoms with E-state index in [2.05, 4.69) is 4.98 Å². The topological polar surface area (TPSA) is 64.1 Å². The van der Waals surface area contributed by atoms with Gasteiger partial charge in [-0.3, -0.25) is 19.4 Å². The molecule has 1 fully saturated rings. The summed E-state index contributed by atoms with van der Waals surface area (Å²) < 4.78 is 0. The number of carbonyl (C=O) groups is 3. The van der Waals surface area contributed by atoms with Crippen molar-refractivity contribution in [1.82, 2.24) is 4.98 Å². The van der Waals surface area contributed by atoms with E-state index in [0.717, 1.165) is 22.3 Å². The molecule has 0 N–H and O–H groups in total. The minimum atomic E-state index is -0.758. The Labute approximate surface area is 153 Å². The molecule has 3 rings (SSSR count). The Morgan fingerprint density at radius 3 is 2.42 bits per heavy atom. The lowest BCUT2D eigenvalue weighted by molar-refractivity contribution is -0.123. The maximum atomic E-state index is 13.0. The smallest absolute Gasteiger partial charge is 0.174 e. The molecule has 1 unspecified atom stereocenters. The van der Waals surface area contributed by atoms with Crippen LogP contribution in [-0.2, 0) is 9.59 Å². The first-order valence-corrected chi connectivity index (χ1v) is 8.60. The van der Waals surface area contributed by atoms with E-state index in [4.69, 9.17) is 0 Å². The van der Waals surface area contributed by atoms with Gasteiger partial charge >= 0.3 is 0 Å². The largest absolute Gasteiger partial charge is 0.298 e. The molecular formula is C22H21NO3. The predicted molar refractivity (Wildman–Crippen MR) is 100 cm³/mol. The van der Waals surface area contributed by atoms with Crippen molar-refractivity contribution < 1.29 is 14.4 Å². The molecule has 0 spiro atoms. The molecular weight excluding hydrogens is 326 g/mol. The highest BCUT2D eigenvalue weighted by Crippen LogP contribution is 2.36. The molecule has 0 amide bonds. The van der Waals surface area contributed by atoms with E-state index in [-0.39, 0.29) is 23.8 Å². The number of benzene rings is 1. The summed E-state index contributed by atoms with van der Waals surface area (Å²) in [5.41, 5.74) is 5.13. The summed E-state index contributed by atoms with van der Waals surface area (Å²) in [6.45, 7) is 7.33. The number of allylic oxidation sites excluding steroid dienone is 1. The van der Waals surface area contributed by atoms with Crippen LogP contribution < -0.4 is 0 Å². The number of hydrogen-bond donors (Lipinski definition) is 0. The predicted octanol–water partition coefficient (Wildman–Crippen LogP) is 3.92. The van der Waals surface area contributed by atoms with Gasteiger partial charge in [0.1, 0.15) is 5.92 Å². The minimum absolute atomic E-state index is 0.0736. The third-order valence-electron chi connectivity index (χ3n) is 4.82. The van der Waals surface area contributed by atoms with Crippen molar-refractivity contribution in [2.45, 2.75) is 40.0 Å². The zero-order valence-corrected chi connectivity index (χ0v) is 15.4. The lowest BCUT2D eigenvalue weighted by atomic mass is 9.87. The van der Waals surface area contributed by atoms with Crippen LogP contribution in [0.25, 0.3) is 6.08 Å². The fraction of sp³-hybridized carbons (Fsp3) is 0.273. The second-order valence-electron chi connectivity index (χ2n) is 6.91. The van der Waals surface area contributed by atoms with Crippen LogP contribution in [0.3, 0.4) is 0 Å². The van der Waals surface area contributed by atoms with Gasteiger partial charge in [-0.25, -0.2) is 0 Å². The van der Waals surface area contributed by atoms with E-state index in [1.807, 2.05) is 32.9 Å². The minimum Gasteiger partial charge on any atom is -0.298 e. The summed E-state index contributed by atoms with van der Waals surface area (Å²) in [6.07, 6.45) is 3.24. The number of nitrogens with zero attached hydrogens (tertiary/aromatic N) is 1. The van der Waals surface area contributed by atoms with Gasteiger partial charge in [0, 0.05) is 23.8 Å². The van der Waals surface area contributed by atoms with Gasteiger partial charge in [0.2, 0.25) is 0 Å². The first-order chi connectivity index (χ1) is 12.3. The van der Waals surface area contributed by atoms with Gasteiger partial charge in [-0.15, -0.1) is 0 Å². The van der Waals surface area contributed by atoms with Crippen molar-refractivity contribution in [2.24, 2.45) is 0 Å². The van der Waals surface area contributed by atoms with Gasteiger partial charge in [0.25, 0.3) is 0 Å². The summed E-state index contributed by atoms with van der Waals surface area (Å²) >= 11 is 0. The third kappa shape index (κ3) is 3.15. The van der Waals surface area contributed by atoms with E-state index < -0.39 is 5.92 Å². The van der Waals surface area contributed by atoms with Gasteiger partial charge in [-0.1, -0.05) is 17.7 Å². The second-order valence-corrected chi connectivity index (χ2v) is 6.91. The lowest BCUT2D eigenvalue weighted by Gasteiger charge is -2.15. The highest BCUT2D eigenvalue weighted by Gasteiger charge is 2.39.